The number of Topliss-reactive ketones (excluding diaryl/α,β-unsaturated/α-hetero) is 5. The Morgan fingerprint density at radius 1 is 0.293 bits per heavy atom. The highest BCUT2D eigenvalue weighted by atomic mass is 16.7. The molecule has 0 aromatic heterocycles. The number of nitrogens with zero attached hydrogens (tertiary/aromatic N) is 1. The zero-order chi connectivity index (χ0) is 111. The average Bonchev–Trinajstić information content (AvgIpc) is 0.813. The van der Waals surface area contributed by atoms with Crippen molar-refractivity contribution in [1.29, 1.82) is 0 Å². The number of amides is 9. The lowest BCUT2D eigenvalue weighted by atomic mass is 9.71. The number of hydrogen-bond acceptors (Lipinski definition) is 40. The Morgan fingerprint density at radius 3 is 0.867 bits per heavy atom. The van der Waals surface area contributed by atoms with Gasteiger partial charge in [0.25, 0.3) is 0 Å². The number of ketones is 5. The summed E-state index contributed by atoms with van der Waals surface area (Å²) in [4.78, 5) is 182. The lowest BCUT2D eigenvalue weighted by molar-refractivity contribution is -0.270. The second-order valence-electron chi connectivity index (χ2n) is 37.8. The fourth-order valence-corrected chi connectivity index (χ4v) is 15.8. The number of ether oxygens (including phenoxy) is 17. The quantitative estimate of drug-likeness (QED) is 0.0220. The van der Waals surface area contributed by atoms with Gasteiger partial charge in [-0.1, -0.05) is 13.8 Å². The normalized spacial score (nSPS) is 21.1. The minimum atomic E-state index is -1.47. The molecule has 864 valence electrons. The van der Waals surface area contributed by atoms with Crippen molar-refractivity contribution in [2.75, 3.05) is 224 Å². The van der Waals surface area contributed by atoms with Crippen LogP contribution in [-0.2, 0) is 148 Å². The molecule has 18 N–H and O–H groups in total. The second-order valence-corrected chi connectivity index (χ2v) is 37.8. The molecule has 50 heteroatoms. The maximum Gasteiger partial charge on any atom is 0.245 e. The standard InChI is InChI=1S/C100H174N10O40/c1-69(2)99(6,101-7)30-26-73(117)23-19-41-135-51-55-141-62-74(118)22-11-18-40-134-50-54-142-63-75(119)24-20-42-136-52-56-143-64-76(120)25-21-43-137-53-57-144-65-77(121)58-100(31-27-81(122)105-37-47-138-66-84(125)102-34-12-8-15-44-145-96-87(108-70(3)114)93(131)90(128)78(59-111)148-96,32-28-82(123)106-38-48-139-67-85(126)103-35-13-9-16-45-146-97-88(109-71(4)115)94(132)91(129)79(60-112)149-97)33-29-83(124)107-39-49-140-68-86(127)104-36-14-10-17-46-147-98-89(110-72(5)116)95(133)92(130)80(61-113)150-98/h69,78-80,87-98,111-113,128-133H,8-68H2,1-6H3,(H,102,125)(H,103,126)(H,104,127)(H,105,122)(H,106,123)(H,107,124)(H,108,114)(H,109,115)(H,110,116)/t78-,79-,80-,87-,88-,89-,90+,91+,92+,93-,94-,95-,96-,97-,98-,99?/m1/s1. The Balaban J connectivity index is 1.51. The molecule has 3 saturated heterocycles. The van der Waals surface area contributed by atoms with E-state index in [2.05, 4.69) is 52.7 Å². The zero-order valence-electron chi connectivity index (χ0n) is 88.5. The molecule has 0 aliphatic carbocycles. The van der Waals surface area contributed by atoms with Gasteiger partial charge < -0.3 is 179 Å². The summed E-state index contributed by atoms with van der Waals surface area (Å²) in [6, 6.07) is -3.28. The van der Waals surface area contributed by atoms with Gasteiger partial charge in [0.1, 0.15) is 125 Å². The van der Waals surface area contributed by atoms with E-state index in [0.29, 0.717) is 149 Å². The number of aliphatic hydroxyl groups excluding tert-OH is 9. The minimum absolute atomic E-state index is 0.0101. The number of nitrogens with one attached hydrogen (secondary N) is 9. The van der Waals surface area contributed by atoms with Gasteiger partial charge in [0, 0.05) is 183 Å². The lowest BCUT2D eigenvalue weighted by Gasteiger charge is -2.42. The van der Waals surface area contributed by atoms with Crippen molar-refractivity contribution >= 4 is 82.1 Å². The molecule has 3 heterocycles. The highest BCUT2D eigenvalue weighted by molar-refractivity contribution is 5.83. The topological polar surface area (TPSA) is 691 Å². The van der Waals surface area contributed by atoms with Gasteiger partial charge in [0.05, 0.1) is 92.5 Å². The van der Waals surface area contributed by atoms with Crippen LogP contribution in [0.1, 0.15) is 215 Å². The number of unbranched alkanes of at least 4 members (excludes halogenated alkanes) is 7. The van der Waals surface area contributed by atoms with Crippen LogP contribution in [0.3, 0.4) is 0 Å². The molecule has 50 nitrogen and oxygen atoms in total. The predicted octanol–water partition coefficient (Wildman–Crippen LogP) is -2.55. The smallest absolute Gasteiger partial charge is 0.245 e. The van der Waals surface area contributed by atoms with Gasteiger partial charge in [-0.2, -0.15) is 0 Å². The van der Waals surface area contributed by atoms with Crippen molar-refractivity contribution in [1.82, 2.24) is 47.9 Å². The van der Waals surface area contributed by atoms with E-state index in [1.54, 1.807) is 0 Å². The molecule has 1 unspecified atom stereocenters. The van der Waals surface area contributed by atoms with Crippen LogP contribution in [0.5, 0.6) is 0 Å². The predicted molar refractivity (Wildman–Crippen MR) is 533 cm³/mol. The third kappa shape index (κ3) is 63.1. The summed E-state index contributed by atoms with van der Waals surface area (Å²) in [5.74, 6) is -4.75. The van der Waals surface area contributed by atoms with Crippen molar-refractivity contribution < 1.29 is 194 Å². The Labute approximate surface area is 879 Å². The van der Waals surface area contributed by atoms with Crippen LogP contribution < -0.4 is 47.9 Å². The highest BCUT2D eigenvalue weighted by Gasteiger charge is 2.49. The summed E-state index contributed by atoms with van der Waals surface area (Å²) in [6.07, 6.45) is -7.19. The van der Waals surface area contributed by atoms with E-state index in [1.807, 2.05) is 20.8 Å². The van der Waals surface area contributed by atoms with Crippen LogP contribution in [0.25, 0.3) is 4.85 Å². The molecule has 9 amide bonds. The molecule has 150 heavy (non-hydrogen) atoms. The SMILES string of the molecule is [C-]#[N+]C(C)(CCC(=O)CCCOCCOCC(=O)CCCCOCCOCC(=O)CCCOCCOCC(=O)CCCOCCOCC(=O)CC(CCC(=O)NCCOCC(=O)NCCCCCO[C@@H]1O[C@H](CO)[C@H](O)[C@H](O)[C@H]1NC(C)=O)(CCC(=O)NCCOCC(=O)NCCCCCO[C@@H]1O[C@H](CO)[C@H](O)[C@H](O)[C@H]1NC(C)=O)CCC(=O)NCCOCC(=O)NCCCCCO[C@@H]1O[C@H](CO)[C@H](O)[C@H](O)[C@H]1NC(C)=O)C(C)C. The Kier molecular flexibility index (Phi) is 75.8. The summed E-state index contributed by atoms with van der Waals surface area (Å²) < 4.78 is 95.1. The zero-order valence-corrected chi connectivity index (χ0v) is 88.5. The van der Waals surface area contributed by atoms with Crippen molar-refractivity contribution in [3.8, 4) is 0 Å². The van der Waals surface area contributed by atoms with Gasteiger partial charge in [-0.05, 0) is 115 Å². The van der Waals surface area contributed by atoms with E-state index in [9.17, 15) is 113 Å². The highest BCUT2D eigenvalue weighted by Crippen LogP contribution is 2.40. The van der Waals surface area contributed by atoms with Crippen molar-refractivity contribution in [2.45, 2.75) is 312 Å². The first-order chi connectivity index (χ1) is 72.0. The van der Waals surface area contributed by atoms with Crippen LogP contribution in [0.2, 0.25) is 0 Å². The van der Waals surface area contributed by atoms with Gasteiger partial charge in [-0.25, -0.2) is 6.57 Å². The number of rotatable bonds is 94. The summed E-state index contributed by atoms with van der Waals surface area (Å²) >= 11 is 0. The second kappa shape index (κ2) is 83.5. The number of aliphatic hydroxyl groups is 9. The van der Waals surface area contributed by atoms with Gasteiger partial charge in [0.2, 0.25) is 58.7 Å². The van der Waals surface area contributed by atoms with E-state index in [1.165, 1.54) is 20.8 Å². The van der Waals surface area contributed by atoms with Crippen molar-refractivity contribution in [2.24, 2.45) is 11.3 Å². The summed E-state index contributed by atoms with van der Waals surface area (Å²) in [6.45, 7) is 17.0. The van der Waals surface area contributed by atoms with E-state index in [0.717, 1.165) is 0 Å². The third-order valence-corrected chi connectivity index (χ3v) is 24.8. The molecular weight excluding hydrogens is 1980 g/mol. The number of carbonyl (C=O) groups excluding carboxylic acids is 14. The summed E-state index contributed by atoms with van der Waals surface area (Å²) in [7, 11) is 0. The van der Waals surface area contributed by atoms with Crippen LogP contribution in [-0.4, -0.2) is 450 Å². The largest absolute Gasteiger partial charge is 0.394 e. The Bertz CT molecular complexity index is 3600. The van der Waals surface area contributed by atoms with Crippen LogP contribution in [0, 0.1) is 17.9 Å². The molecule has 0 saturated carbocycles. The maximum absolute atomic E-state index is 14.2. The van der Waals surface area contributed by atoms with Gasteiger partial charge in [-0.15, -0.1) is 0 Å². The molecule has 3 aliphatic heterocycles. The molecule has 0 aromatic rings. The molecule has 3 aliphatic rings. The lowest BCUT2D eigenvalue weighted by Crippen LogP contribution is -2.64. The van der Waals surface area contributed by atoms with E-state index >= 15 is 0 Å². The number of hydrogen-bond donors (Lipinski definition) is 18. The average molecular weight is 2160 g/mol. The van der Waals surface area contributed by atoms with Crippen LogP contribution >= 0.6 is 0 Å². The minimum Gasteiger partial charge on any atom is -0.394 e. The van der Waals surface area contributed by atoms with Gasteiger partial charge >= 0.3 is 0 Å². The van der Waals surface area contributed by atoms with E-state index in [-0.39, 0.29) is 252 Å². The fourth-order valence-electron chi connectivity index (χ4n) is 15.8. The van der Waals surface area contributed by atoms with Crippen LogP contribution in [0.4, 0.5) is 0 Å². The monoisotopic (exact) mass is 2160 g/mol. The van der Waals surface area contributed by atoms with Gasteiger partial charge in [-0.3, -0.25) is 67.1 Å². The first kappa shape index (κ1) is 136. The molecule has 16 atom stereocenters. The third-order valence-electron chi connectivity index (χ3n) is 24.8. The first-order valence-corrected chi connectivity index (χ1v) is 52.5. The molecule has 0 bridgehead atoms. The maximum atomic E-state index is 14.2. The molecule has 3 fully saturated rings. The Morgan fingerprint density at radius 2 is 0.567 bits per heavy atom. The molecule has 0 radical (unpaired) electrons. The molecular formula is C100H174N10O40. The summed E-state index contributed by atoms with van der Waals surface area (Å²) in [5, 5.41) is 115. The van der Waals surface area contributed by atoms with Gasteiger partial charge in [0.15, 0.2) is 42.0 Å². The Hall–Kier alpha value is -7.97. The molecule has 0 spiro atoms. The first-order valence-electron chi connectivity index (χ1n) is 52.5. The fraction of sp³-hybridized carbons (Fsp3) is 0.850. The number of carbonyl (C=O) groups is 14. The van der Waals surface area contributed by atoms with E-state index in [4.69, 9.17) is 87.1 Å². The van der Waals surface area contributed by atoms with Crippen molar-refractivity contribution in [3.05, 3.63) is 11.4 Å². The molecule has 0 aromatic carbocycles. The van der Waals surface area contributed by atoms with Crippen molar-refractivity contribution in [3.63, 3.8) is 0 Å². The van der Waals surface area contributed by atoms with Crippen LogP contribution in [0.15, 0.2) is 0 Å². The van der Waals surface area contributed by atoms with E-state index < -0.39 is 188 Å². The summed E-state index contributed by atoms with van der Waals surface area (Å²) in [5.41, 5.74) is -1.75. The molecule has 3 rings (SSSR count).